The average molecular weight is 180 g/mol. The summed E-state index contributed by atoms with van der Waals surface area (Å²) in [7, 11) is 1.71. The van der Waals surface area contributed by atoms with Gasteiger partial charge in [-0.05, 0) is 31.4 Å². The maximum absolute atomic E-state index is 5.24. The molecule has 0 fully saturated rings. The summed E-state index contributed by atoms with van der Waals surface area (Å²) in [6.07, 6.45) is 10.4. The van der Waals surface area contributed by atoms with E-state index < -0.39 is 0 Å². The molecular formula is C12H20O. The standard InChI is InChI=1S/C12H20O/c1-5-8-9-10-11(6-2)12(7-3)13-4/h7-10H,5-6H2,1-4H3/b9-8-,11-10-,12-7+. The SMILES string of the molecule is C\C=C(OC)/C(=C\C=C/CC)CC. The maximum Gasteiger partial charge on any atom is 0.117 e. The van der Waals surface area contributed by atoms with Crippen LogP contribution in [0.2, 0.25) is 0 Å². The Kier molecular flexibility index (Phi) is 7.08. The molecule has 0 saturated heterocycles. The molecule has 13 heavy (non-hydrogen) atoms. The molecule has 0 aromatic heterocycles. The predicted molar refractivity (Wildman–Crippen MR) is 58.6 cm³/mol. The van der Waals surface area contributed by atoms with E-state index in [0.29, 0.717) is 0 Å². The number of hydrogen-bond donors (Lipinski definition) is 0. The summed E-state index contributed by atoms with van der Waals surface area (Å²) in [4.78, 5) is 0. The minimum absolute atomic E-state index is 0.975. The highest BCUT2D eigenvalue weighted by Crippen LogP contribution is 2.14. The zero-order valence-electron chi connectivity index (χ0n) is 9.13. The topological polar surface area (TPSA) is 9.23 Å². The molecule has 0 rings (SSSR count). The van der Waals surface area contributed by atoms with Gasteiger partial charge >= 0.3 is 0 Å². The Balaban J connectivity index is 4.48. The van der Waals surface area contributed by atoms with E-state index in [1.165, 1.54) is 5.57 Å². The van der Waals surface area contributed by atoms with Gasteiger partial charge in [0.25, 0.3) is 0 Å². The van der Waals surface area contributed by atoms with Crippen molar-refractivity contribution in [3.63, 3.8) is 0 Å². The van der Waals surface area contributed by atoms with E-state index in [4.69, 9.17) is 4.74 Å². The zero-order valence-corrected chi connectivity index (χ0v) is 9.13. The Morgan fingerprint density at radius 2 is 2.00 bits per heavy atom. The van der Waals surface area contributed by atoms with Gasteiger partial charge in [-0.1, -0.05) is 32.1 Å². The molecule has 0 aliphatic heterocycles. The number of hydrogen-bond acceptors (Lipinski definition) is 1. The van der Waals surface area contributed by atoms with Gasteiger partial charge in [-0.2, -0.15) is 0 Å². The molecule has 0 atom stereocenters. The molecule has 1 heteroatoms. The average Bonchev–Trinajstić information content (AvgIpc) is 2.17. The molecule has 0 aromatic carbocycles. The Hall–Kier alpha value is -0.980. The van der Waals surface area contributed by atoms with Crippen LogP contribution in [0.5, 0.6) is 0 Å². The van der Waals surface area contributed by atoms with E-state index in [0.717, 1.165) is 18.6 Å². The van der Waals surface area contributed by atoms with Crippen molar-refractivity contribution in [1.29, 1.82) is 0 Å². The van der Waals surface area contributed by atoms with Crippen molar-refractivity contribution in [1.82, 2.24) is 0 Å². The molecule has 1 nitrogen and oxygen atoms in total. The number of allylic oxidation sites excluding steroid dienone is 5. The van der Waals surface area contributed by atoms with Gasteiger partial charge in [-0.3, -0.25) is 0 Å². The van der Waals surface area contributed by atoms with Crippen LogP contribution in [0.25, 0.3) is 0 Å². The molecule has 0 aromatic rings. The first-order valence-electron chi connectivity index (χ1n) is 4.86. The van der Waals surface area contributed by atoms with Crippen LogP contribution in [0.15, 0.2) is 35.6 Å². The largest absolute Gasteiger partial charge is 0.497 e. The van der Waals surface area contributed by atoms with Crippen LogP contribution in [0.4, 0.5) is 0 Å². The third-order valence-corrected chi connectivity index (χ3v) is 1.85. The molecule has 0 spiro atoms. The van der Waals surface area contributed by atoms with Gasteiger partial charge in [0.15, 0.2) is 0 Å². The summed E-state index contributed by atoms with van der Waals surface area (Å²) < 4.78 is 5.24. The number of ether oxygens (including phenoxy) is 1. The second kappa shape index (κ2) is 7.66. The fourth-order valence-electron chi connectivity index (χ4n) is 1.13. The maximum atomic E-state index is 5.24. The van der Waals surface area contributed by atoms with Gasteiger partial charge in [0.1, 0.15) is 5.76 Å². The molecule has 0 amide bonds. The molecule has 0 saturated carbocycles. The second-order valence-corrected chi connectivity index (χ2v) is 2.74. The van der Waals surface area contributed by atoms with Crippen LogP contribution in [-0.2, 0) is 4.74 Å². The first kappa shape index (κ1) is 12.0. The van der Waals surface area contributed by atoms with Crippen molar-refractivity contribution < 1.29 is 4.74 Å². The highest BCUT2D eigenvalue weighted by molar-refractivity contribution is 5.28. The van der Waals surface area contributed by atoms with Crippen molar-refractivity contribution in [3.05, 3.63) is 35.6 Å². The minimum atomic E-state index is 0.975. The lowest BCUT2D eigenvalue weighted by Crippen LogP contribution is -1.90. The van der Waals surface area contributed by atoms with E-state index in [2.05, 4.69) is 32.1 Å². The molecule has 0 unspecified atom stereocenters. The van der Waals surface area contributed by atoms with E-state index in [1.54, 1.807) is 7.11 Å². The monoisotopic (exact) mass is 180 g/mol. The smallest absolute Gasteiger partial charge is 0.117 e. The fourth-order valence-corrected chi connectivity index (χ4v) is 1.13. The quantitative estimate of drug-likeness (QED) is 0.461. The van der Waals surface area contributed by atoms with E-state index in [-0.39, 0.29) is 0 Å². The third-order valence-electron chi connectivity index (χ3n) is 1.85. The molecule has 0 heterocycles. The van der Waals surface area contributed by atoms with Crippen LogP contribution in [0, 0.1) is 0 Å². The van der Waals surface area contributed by atoms with E-state index >= 15 is 0 Å². The molecule has 0 aliphatic rings. The highest BCUT2D eigenvalue weighted by Gasteiger charge is 1.98. The summed E-state index contributed by atoms with van der Waals surface area (Å²) in [5.41, 5.74) is 1.25. The fraction of sp³-hybridized carbons (Fsp3) is 0.500. The van der Waals surface area contributed by atoms with Crippen LogP contribution >= 0.6 is 0 Å². The lowest BCUT2D eigenvalue weighted by molar-refractivity contribution is 0.298. The van der Waals surface area contributed by atoms with Gasteiger partial charge in [0.2, 0.25) is 0 Å². The van der Waals surface area contributed by atoms with E-state index in [1.807, 2.05) is 13.0 Å². The normalized spacial score (nSPS) is 13.8. The molecule has 74 valence electrons. The van der Waals surface area contributed by atoms with Crippen molar-refractivity contribution in [2.75, 3.05) is 7.11 Å². The van der Waals surface area contributed by atoms with Gasteiger partial charge in [-0.25, -0.2) is 0 Å². The molecule has 0 bridgehead atoms. The van der Waals surface area contributed by atoms with Crippen LogP contribution < -0.4 is 0 Å². The summed E-state index contributed by atoms with van der Waals surface area (Å²) in [5.74, 6) is 0.975. The Labute approximate surface area is 81.8 Å². The first-order chi connectivity index (χ1) is 6.29. The van der Waals surface area contributed by atoms with Crippen molar-refractivity contribution in [2.45, 2.75) is 33.6 Å². The summed E-state index contributed by atoms with van der Waals surface area (Å²) in [6.45, 7) is 6.25. The van der Waals surface area contributed by atoms with Crippen molar-refractivity contribution in [3.8, 4) is 0 Å². The third kappa shape index (κ3) is 4.56. The lowest BCUT2D eigenvalue weighted by atomic mass is 10.1. The Bertz CT molecular complexity index is 209. The molecule has 0 radical (unpaired) electrons. The van der Waals surface area contributed by atoms with Gasteiger partial charge < -0.3 is 4.74 Å². The lowest BCUT2D eigenvalue weighted by Gasteiger charge is -2.07. The number of methoxy groups -OCH3 is 1. The summed E-state index contributed by atoms with van der Waals surface area (Å²) in [6, 6.07) is 0. The second-order valence-electron chi connectivity index (χ2n) is 2.74. The molecule has 0 N–H and O–H groups in total. The molecule has 0 aliphatic carbocycles. The van der Waals surface area contributed by atoms with Crippen molar-refractivity contribution >= 4 is 0 Å². The van der Waals surface area contributed by atoms with Crippen LogP contribution in [0.3, 0.4) is 0 Å². The highest BCUT2D eigenvalue weighted by atomic mass is 16.5. The van der Waals surface area contributed by atoms with E-state index in [9.17, 15) is 0 Å². The number of rotatable bonds is 5. The summed E-state index contributed by atoms with van der Waals surface area (Å²) >= 11 is 0. The van der Waals surface area contributed by atoms with Crippen molar-refractivity contribution in [2.24, 2.45) is 0 Å². The zero-order chi connectivity index (χ0) is 10.1. The van der Waals surface area contributed by atoms with Gasteiger partial charge in [0, 0.05) is 0 Å². The first-order valence-corrected chi connectivity index (χ1v) is 4.86. The Morgan fingerprint density at radius 1 is 1.31 bits per heavy atom. The van der Waals surface area contributed by atoms with Gasteiger partial charge in [0.05, 0.1) is 7.11 Å². The van der Waals surface area contributed by atoms with Crippen LogP contribution in [-0.4, -0.2) is 7.11 Å². The van der Waals surface area contributed by atoms with Gasteiger partial charge in [-0.15, -0.1) is 0 Å². The predicted octanol–water partition coefficient (Wildman–Crippen LogP) is 3.84. The molecular weight excluding hydrogens is 160 g/mol. The van der Waals surface area contributed by atoms with Crippen LogP contribution in [0.1, 0.15) is 33.6 Å². The summed E-state index contributed by atoms with van der Waals surface area (Å²) in [5, 5.41) is 0. The Morgan fingerprint density at radius 3 is 2.38 bits per heavy atom. The minimum Gasteiger partial charge on any atom is -0.497 e.